The fourth-order valence-electron chi connectivity index (χ4n) is 1.63. The van der Waals surface area contributed by atoms with Gasteiger partial charge in [0.25, 0.3) is 0 Å². The van der Waals surface area contributed by atoms with Gasteiger partial charge in [-0.3, -0.25) is 4.68 Å². The quantitative estimate of drug-likeness (QED) is 0.819. The van der Waals surface area contributed by atoms with Gasteiger partial charge >= 0.3 is 5.97 Å². The van der Waals surface area contributed by atoms with E-state index in [0.717, 1.165) is 10.7 Å². The van der Waals surface area contributed by atoms with Crippen molar-refractivity contribution in [3.8, 4) is 17.0 Å². The number of aryl methyl sites for hydroxylation is 1. The largest absolute Gasteiger partial charge is 0.504 e. The molecule has 1 aromatic heterocycles. The number of aromatic hydroxyl groups is 1. The van der Waals surface area contributed by atoms with Crippen LogP contribution in [-0.2, 0) is 7.05 Å². The number of carbonyl (C=O) groups is 1. The minimum absolute atomic E-state index is 0.197. The Balaban J connectivity index is 2.75. The predicted octanol–water partition coefficient (Wildman–Crippen LogP) is 1.91. The molecule has 0 amide bonds. The molecule has 0 fully saturated rings. The average molecular weight is 272 g/mol. The molecule has 8 heteroatoms. The second-order valence-electron chi connectivity index (χ2n) is 3.72. The Labute approximate surface area is 104 Å². The molecule has 2 N–H and O–H groups in total. The minimum atomic E-state index is -1.50. The van der Waals surface area contributed by atoms with Crippen LogP contribution in [0.5, 0.6) is 5.75 Å². The number of hydrogen-bond acceptors (Lipinski definition) is 3. The number of phenolic OH excluding ortho intramolecular Hbond substituents is 1. The first-order valence-electron chi connectivity index (χ1n) is 4.97. The van der Waals surface area contributed by atoms with Crippen LogP contribution < -0.4 is 0 Å². The molecule has 19 heavy (non-hydrogen) atoms. The van der Waals surface area contributed by atoms with Gasteiger partial charge in [0.2, 0.25) is 0 Å². The number of rotatable bonds is 2. The molecule has 2 aromatic rings. The molecule has 0 aliphatic heterocycles. The van der Waals surface area contributed by atoms with Crippen molar-refractivity contribution < 1.29 is 28.2 Å². The maximum Gasteiger partial charge on any atom is 0.356 e. The van der Waals surface area contributed by atoms with Crippen LogP contribution in [0.2, 0.25) is 0 Å². The summed E-state index contributed by atoms with van der Waals surface area (Å²) in [6.07, 6.45) is 0. The third kappa shape index (κ3) is 2.01. The molecule has 5 nitrogen and oxygen atoms in total. The first-order valence-corrected chi connectivity index (χ1v) is 4.97. The summed E-state index contributed by atoms with van der Waals surface area (Å²) < 4.78 is 40.9. The van der Waals surface area contributed by atoms with Crippen LogP contribution >= 0.6 is 0 Å². The second-order valence-corrected chi connectivity index (χ2v) is 3.72. The number of benzene rings is 1. The molecule has 100 valence electrons. The summed E-state index contributed by atoms with van der Waals surface area (Å²) >= 11 is 0. The number of phenols is 1. The van der Waals surface area contributed by atoms with Crippen molar-refractivity contribution in [3.05, 3.63) is 35.3 Å². The highest BCUT2D eigenvalue weighted by Gasteiger charge is 2.24. The van der Waals surface area contributed by atoms with Gasteiger partial charge in [-0.2, -0.15) is 5.10 Å². The Kier molecular flexibility index (Phi) is 2.93. The topological polar surface area (TPSA) is 75.4 Å². The molecular weight excluding hydrogens is 265 g/mol. The summed E-state index contributed by atoms with van der Waals surface area (Å²) in [5.74, 6) is -6.84. The van der Waals surface area contributed by atoms with E-state index in [9.17, 15) is 23.1 Å². The SMILES string of the molecule is Cn1nc(C(=O)O)cc1-c1c(O)c(F)cc(F)c1F. The summed E-state index contributed by atoms with van der Waals surface area (Å²) in [7, 11) is 1.25. The van der Waals surface area contributed by atoms with Crippen LogP contribution in [0, 0.1) is 17.5 Å². The van der Waals surface area contributed by atoms with Crippen LogP contribution in [0.15, 0.2) is 12.1 Å². The van der Waals surface area contributed by atoms with Crippen molar-refractivity contribution in [1.29, 1.82) is 0 Å². The Morgan fingerprint density at radius 3 is 2.42 bits per heavy atom. The van der Waals surface area contributed by atoms with Crippen molar-refractivity contribution in [2.24, 2.45) is 7.05 Å². The molecule has 0 radical (unpaired) electrons. The highest BCUT2D eigenvalue weighted by atomic mass is 19.2. The molecule has 1 aromatic carbocycles. The lowest BCUT2D eigenvalue weighted by atomic mass is 10.1. The lowest BCUT2D eigenvalue weighted by Gasteiger charge is -2.07. The third-order valence-corrected chi connectivity index (χ3v) is 2.50. The van der Waals surface area contributed by atoms with Crippen LogP contribution in [0.25, 0.3) is 11.3 Å². The van der Waals surface area contributed by atoms with E-state index in [2.05, 4.69) is 5.10 Å². The zero-order chi connectivity index (χ0) is 14.3. The van der Waals surface area contributed by atoms with Crippen LogP contribution in [0.3, 0.4) is 0 Å². The smallest absolute Gasteiger partial charge is 0.356 e. The maximum atomic E-state index is 13.6. The number of aromatic nitrogens is 2. The summed E-state index contributed by atoms with van der Waals surface area (Å²) in [6.45, 7) is 0. The molecule has 0 atom stereocenters. The Bertz CT molecular complexity index is 656. The van der Waals surface area contributed by atoms with Crippen LogP contribution in [-0.4, -0.2) is 26.0 Å². The van der Waals surface area contributed by atoms with Gasteiger partial charge in [-0.15, -0.1) is 0 Å². The normalized spacial score (nSPS) is 10.7. The highest BCUT2D eigenvalue weighted by Crippen LogP contribution is 2.35. The second kappa shape index (κ2) is 4.30. The molecule has 0 spiro atoms. The summed E-state index contributed by atoms with van der Waals surface area (Å²) in [5.41, 5.74) is -1.48. The number of halogens is 3. The number of carboxylic acid groups (broad SMARTS) is 1. The van der Waals surface area contributed by atoms with Crippen molar-refractivity contribution >= 4 is 5.97 Å². The molecule has 0 unspecified atom stereocenters. The molecule has 0 aliphatic carbocycles. The molecule has 2 rings (SSSR count). The molecular formula is C11H7F3N2O3. The van der Waals surface area contributed by atoms with Gasteiger partial charge in [0.15, 0.2) is 28.9 Å². The fraction of sp³-hybridized carbons (Fsp3) is 0.0909. The van der Waals surface area contributed by atoms with E-state index >= 15 is 0 Å². The number of nitrogens with zero attached hydrogens (tertiary/aromatic N) is 2. The van der Waals surface area contributed by atoms with Crippen molar-refractivity contribution in [2.75, 3.05) is 0 Å². The van der Waals surface area contributed by atoms with Gasteiger partial charge in [-0.25, -0.2) is 18.0 Å². The van der Waals surface area contributed by atoms with Gasteiger partial charge in [-0.1, -0.05) is 0 Å². The van der Waals surface area contributed by atoms with Gasteiger partial charge in [0.05, 0.1) is 11.3 Å². The molecule has 0 saturated carbocycles. The lowest BCUT2D eigenvalue weighted by Crippen LogP contribution is -2.01. The Morgan fingerprint density at radius 2 is 1.89 bits per heavy atom. The Morgan fingerprint density at radius 1 is 1.26 bits per heavy atom. The summed E-state index contributed by atoms with van der Waals surface area (Å²) in [6, 6.07) is 1.10. The zero-order valence-corrected chi connectivity index (χ0v) is 9.49. The van der Waals surface area contributed by atoms with E-state index in [-0.39, 0.29) is 11.8 Å². The van der Waals surface area contributed by atoms with Crippen molar-refractivity contribution in [3.63, 3.8) is 0 Å². The monoisotopic (exact) mass is 272 g/mol. The fourth-order valence-corrected chi connectivity index (χ4v) is 1.63. The van der Waals surface area contributed by atoms with E-state index in [4.69, 9.17) is 5.11 Å². The van der Waals surface area contributed by atoms with E-state index in [0.29, 0.717) is 0 Å². The highest BCUT2D eigenvalue weighted by molar-refractivity contribution is 5.87. The number of aromatic carboxylic acids is 1. The van der Waals surface area contributed by atoms with E-state index in [1.165, 1.54) is 7.05 Å². The minimum Gasteiger partial charge on any atom is -0.504 e. The van der Waals surface area contributed by atoms with Crippen LogP contribution in [0.1, 0.15) is 10.5 Å². The van der Waals surface area contributed by atoms with Crippen LogP contribution in [0.4, 0.5) is 13.2 Å². The van der Waals surface area contributed by atoms with Gasteiger partial charge in [0.1, 0.15) is 0 Å². The van der Waals surface area contributed by atoms with Gasteiger partial charge in [0, 0.05) is 13.1 Å². The molecule has 0 aliphatic rings. The van der Waals surface area contributed by atoms with Crippen molar-refractivity contribution in [2.45, 2.75) is 0 Å². The average Bonchev–Trinajstić information content (AvgIpc) is 2.70. The number of hydrogen-bond donors (Lipinski definition) is 2. The lowest BCUT2D eigenvalue weighted by molar-refractivity contribution is 0.0689. The summed E-state index contributed by atoms with van der Waals surface area (Å²) in [4.78, 5) is 10.7. The zero-order valence-electron chi connectivity index (χ0n) is 9.49. The van der Waals surface area contributed by atoms with Crippen molar-refractivity contribution in [1.82, 2.24) is 9.78 Å². The molecule has 0 bridgehead atoms. The predicted molar refractivity (Wildman–Crippen MR) is 57.1 cm³/mol. The standard InChI is InChI=1S/C11H7F3N2O3/c1-16-7(3-6(15-16)11(18)19)8-9(14)4(12)2-5(13)10(8)17/h2-3,17H,1H3,(H,18,19). The molecule has 1 heterocycles. The molecule has 0 saturated heterocycles. The Hall–Kier alpha value is -2.51. The summed E-state index contributed by atoms with van der Waals surface area (Å²) in [5, 5.41) is 21.7. The van der Waals surface area contributed by atoms with E-state index in [1.807, 2.05) is 0 Å². The van der Waals surface area contributed by atoms with E-state index < -0.39 is 40.4 Å². The number of carboxylic acids is 1. The van der Waals surface area contributed by atoms with Gasteiger partial charge < -0.3 is 10.2 Å². The van der Waals surface area contributed by atoms with Gasteiger partial charge in [-0.05, 0) is 6.07 Å². The first kappa shape index (κ1) is 12.9. The first-order chi connectivity index (χ1) is 8.82. The third-order valence-electron chi connectivity index (χ3n) is 2.50. The maximum absolute atomic E-state index is 13.6. The van der Waals surface area contributed by atoms with E-state index in [1.54, 1.807) is 0 Å².